The van der Waals surface area contributed by atoms with E-state index in [1.807, 2.05) is 36.4 Å². The molecule has 6 nitrogen and oxygen atoms in total. The highest BCUT2D eigenvalue weighted by molar-refractivity contribution is 6.36. The number of carbonyl (C=O) groups excluding carboxylic acids is 1. The predicted octanol–water partition coefficient (Wildman–Crippen LogP) is 3.55. The van der Waals surface area contributed by atoms with Gasteiger partial charge in [-0.2, -0.15) is 0 Å². The number of carbonyl (C=O) groups is 1. The Balaban J connectivity index is 1.72. The highest BCUT2D eigenvalue weighted by Crippen LogP contribution is 2.36. The van der Waals surface area contributed by atoms with Gasteiger partial charge in [0.2, 0.25) is 0 Å². The first-order chi connectivity index (χ1) is 12.1. The normalized spacial score (nSPS) is 10.5. The molecule has 0 aliphatic rings. The zero-order valence-electron chi connectivity index (χ0n) is 13.5. The summed E-state index contributed by atoms with van der Waals surface area (Å²) in [5, 5.41) is 6.26. The van der Waals surface area contributed by atoms with Gasteiger partial charge in [-0.25, -0.2) is 4.98 Å². The number of amides is 1. The van der Waals surface area contributed by atoms with Gasteiger partial charge in [0.05, 0.1) is 22.6 Å². The lowest BCUT2D eigenvalue weighted by Crippen LogP contribution is -2.22. The molecule has 0 saturated carbocycles. The molecule has 0 fully saturated rings. The monoisotopic (exact) mass is 356 g/mol. The van der Waals surface area contributed by atoms with Crippen molar-refractivity contribution in [2.24, 2.45) is 0 Å². The van der Waals surface area contributed by atoms with Gasteiger partial charge in [0.15, 0.2) is 0 Å². The molecule has 0 bridgehead atoms. The molecule has 0 radical (unpaired) electrons. The summed E-state index contributed by atoms with van der Waals surface area (Å²) in [6, 6.07) is 11.5. The molecule has 2 aromatic carbocycles. The average Bonchev–Trinajstić information content (AvgIpc) is 3.17. The van der Waals surface area contributed by atoms with Crippen LogP contribution < -0.4 is 16.4 Å². The van der Waals surface area contributed by atoms with Crippen LogP contribution in [0.4, 0.5) is 11.4 Å². The summed E-state index contributed by atoms with van der Waals surface area (Å²) < 4.78 is 4.95. The van der Waals surface area contributed by atoms with Crippen LogP contribution in [0, 0.1) is 0 Å². The number of aromatic nitrogens is 1. The second-order valence-electron chi connectivity index (χ2n) is 5.36. The first kappa shape index (κ1) is 16.9. The minimum Gasteiger partial charge on any atom is -0.441 e. The first-order valence-corrected chi connectivity index (χ1v) is 8.00. The summed E-state index contributed by atoms with van der Waals surface area (Å²) in [6.45, 7) is 0.371. The van der Waals surface area contributed by atoms with E-state index in [9.17, 15) is 4.79 Å². The lowest BCUT2D eigenvalue weighted by molar-refractivity contribution is 0.0916. The van der Waals surface area contributed by atoms with Crippen molar-refractivity contribution in [3.8, 4) is 11.1 Å². The number of hydrogen-bond acceptors (Lipinski definition) is 5. The third-order valence-corrected chi connectivity index (χ3v) is 4.20. The highest BCUT2D eigenvalue weighted by Gasteiger charge is 2.11. The fourth-order valence-corrected chi connectivity index (χ4v) is 2.70. The molecule has 128 valence electrons. The highest BCUT2D eigenvalue weighted by atomic mass is 35.5. The molecule has 0 atom stereocenters. The Morgan fingerprint density at radius 3 is 2.64 bits per heavy atom. The van der Waals surface area contributed by atoms with Gasteiger partial charge >= 0.3 is 5.91 Å². The van der Waals surface area contributed by atoms with E-state index >= 15 is 0 Å². The molecule has 0 unspecified atom stereocenters. The molecule has 1 heterocycles. The maximum atomic E-state index is 11.8. The molecule has 1 aromatic heterocycles. The van der Waals surface area contributed by atoms with E-state index in [2.05, 4.69) is 15.6 Å². The van der Waals surface area contributed by atoms with E-state index in [4.69, 9.17) is 21.8 Å². The lowest BCUT2D eigenvalue weighted by Gasteiger charge is -2.12. The Hall–Kier alpha value is -2.99. The fraction of sp³-hybridized carbons (Fsp3) is 0.111. The summed E-state index contributed by atoms with van der Waals surface area (Å²) in [6.07, 6.45) is 2.79. The quantitative estimate of drug-likeness (QED) is 0.608. The summed E-state index contributed by atoms with van der Waals surface area (Å²) >= 11 is 6.37. The van der Waals surface area contributed by atoms with Crippen LogP contribution in [-0.4, -0.2) is 17.9 Å². The van der Waals surface area contributed by atoms with Crippen molar-refractivity contribution in [3.63, 3.8) is 0 Å². The zero-order chi connectivity index (χ0) is 17.8. The zero-order valence-corrected chi connectivity index (χ0v) is 14.3. The smallest absolute Gasteiger partial charge is 0.307 e. The van der Waals surface area contributed by atoms with Crippen LogP contribution in [0.1, 0.15) is 16.2 Å². The molecule has 3 rings (SSSR count). The molecule has 7 heteroatoms. The van der Waals surface area contributed by atoms with Crippen molar-refractivity contribution in [3.05, 3.63) is 65.3 Å². The molecule has 0 saturated heterocycles. The van der Waals surface area contributed by atoms with Crippen LogP contribution in [-0.2, 0) is 6.54 Å². The number of halogens is 1. The Kier molecular flexibility index (Phi) is 4.90. The van der Waals surface area contributed by atoms with Crippen LogP contribution >= 0.6 is 11.6 Å². The average molecular weight is 357 g/mol. The van der Waals surface area contributed by atoms with Crippen LogP contribution in [0.3, 0.4) is 0 Å². The SMILES string of the molecule is CNc1ccc(-c2ccc(CNC(=O)c3ncco3)cc2)c(Cl)c1N. The number of hydrogen-bond donors (Lipinski definition) is 3. The first-order valence-electron chi connectivity index (χ1n) is 7.63. The van der Waals surface area contributed by atoms with E-state index in [0.29, 0.717) is 17.3 Å². The van der Waals surface area contributed by atoms with E-state index in [1.165, 1.54) is 12.5 Å². The minimum absolute atomic E-state index is 0.0449. The van der Waals surface area contributed by atoms with Crippen LogP contribution in [0.25, 0.3) is 11.1 Å². The van der Waals surface area contributed by atoms with Gasteiger partial charge in [0, 0.05) is 19.2 Å². The predicted molar refractivity (Wildman–Crippen MR) is 98.5 cm³/mol. The molecule has 4 N–H and O–H groups in total. The third kappa shape index (κ3) is 3.59. The van der Waals surface area contributed by atoms with Crippen molar-refractivity contribution in [2.45, 2.75) is 6.54 Å². The van der Waals surface area contributed by atoms with Crippen LogP contribution in [0.5, 0.6) is 0 Å². The number of nitrogens with two attached hydrogens (primary N) is 1. The topological polar surface area (TPSA) is 93.2 Å². The number of anilines is 2. The number of rotatable bonds is 5. The second kappa shape index (κ2) is 7.27. The van der Waals surface area contributed by atoms with E-state index in [-0.39, 0.29) is 11.8 Å². The number of nitrogens with one attached hydrogen (secondary N) is 2. The van der Waals surface area contributed by atoms with Gasteiger partial charge in [-0.15, -0.1) is 0 Å². The molecule has 0 aliphatic carbocycles. The summed E-state index contributed by atoms with van der Waals surface area (Å²) in [4.78, 5) is 15.6. The van der Waals surface area contributed by atoms with Gasteiger partial charge in [-0.1, -0.05) is 41.9 Å². The van der Waals surface area contributed by atoms with Crippen molar-refractivity contribution < 1.29 is 9.21 Å². The largest absolute Gasteiger partial charge is 0.441 e. The Labute approximate surface area is 150 Å². The van der Waals surface area contributed by atoms with Crippen molar-refractivity contribution in [2.75, 3.05) is 18.1 Å². The molecule has 3 aromatic rings. The van der Waals surface area contributed by atoms with E-state index < -0.39 is 0 Å². The number of benzene rings is 2. The molecular formula is C18H17ClN4O2. The van der Waals surface area contributed by atoms with Gasteiger partial charge in [0.25, 0.3) is 5.89 Å². The summed E-state index contributed by atoms with van der Waals surface area (Å²) in [5.41, 5.74) is 10.1. The van der Waals surface area contributed by atoms with Crippen LogP contribution in [0.2, 0.25) is 5.02 Å². The number of nitrogen functional groups attached to an aromatic ring is 1. The van der Waals surface area contributed by atoms with Crippen LogP contribution in [0.15, 0.2) is 53.3 Å². The molecular weight excluding hydrogens is 340 g/mol. The van der Waals surface area contributed by atoms with Crippen molar-refractivity contribution >= 4 is 28.9 Å². The maximum Gasteiger partial charge on any atom is 0.307 e. The van der Waals surface area contributed by atoms with E-state index in [0.717, 1.165) is 22.4 Å². The molecule has 1 amide bonds. The maximum absolute atomic E-state index is 11.8. The van der Waals surface area contributed by atoms with Gasteiger partial charge < -0.3 is 20.8 Å². The van der Waals surface area contributed by atoms with Gasteiger partial charge in [-0.3, -0.25) is 4.79 Å². The molecule has 25 heavy (non-hydrogen) atoms. The Bertz CT molecular complexity index is 877. The van der Waals surface area contributed by atoms with Crippen molar-refractivity contribution in [1.82, 2.24) is 10.3 Å². The van der Waals surface area contributed by atoms with Gasteiger partial charge in [0.1, 0.15) is 6.26 Å². The fourth-order valence-electron chi connectivity index (χ4n) is 2.43. The summed E-state index contributed by atoms with van der Waals surface area (Å²) in [7, 11) is 1.79. The minimum atomic E-state index is -0.354. The Morgan fingerprint density at radius 1 is 1.24 bits per heavy atom. The third-order valence-electron chi connectivity index (χ3n) is 3.79. The van der Waals surface area contributed by atoms with Gasteiger partial charge in [-0.05, 0) is 17.2 Å². The second-order valence-corrected chi connectivity index (χ2v) is 5.73. The van der Waals surface area contributed by atoms with E-state index in [1.54, 1.807) is 7.05 Å². The number of oxazole rings is 1. The number of nitrogens with zero attached hydrogens (tertiary/aromatic N) is 1. The standard InChI is InChI=1S/C18H17ClN4O2/c1-21-14-7-6-13(15(19)16(14)20)12-4-2-11(3-5-12)10-23-17(24)18-22-8-9-25-18/h2-9,21H,10,20H2,1H3,(H,23,24). The van der Waals surface area contributed by atoms with Crippen molar-refractivity contribution in [1.29, 1.82) is 0 Å². The summed E-state index contributed by atoms with van der Waals surface area (Å²) in [5.74, 6) is -0.309. The molecule has 0 spiro atoms. The Morgan fingerprint density at radius 2 is 2.00 bits per heavy atom. The lowest BCUT2D eigenvalue weighted by atomic mass is 10.0. The molecule has 0 aliphatic heterocycles.